The van der Waals surface area contributed by atoms with Gasteiger partial charge in [0.1, 0.15) is 5.75 Å². The van der Waals surface area contributed by atoms with Gasteiger partial charge in [0.15, 0.2) is 0 Å². The van der Waals surface area contributed by atoms with Crippen molar-refractivity contribution in [2.24, 2.45) is 5.92 Å². The standard InChI is InChI=1S/C17H26N2O2/c1-13(20)19-16-9-8-15(12-17(16)21-2)18-11-10-14-6-4-3-5-7-14/h8-9,12,14,18H,3-7,10-11H2,1-2H3,(H,19,20). The Morgan fingerprint density at radius 2 is 2.05 bits per heavy atom. The van der Waals surface area contributed by atoms with Crippen LogP contribution in [-0.2, 0) is 4.79 Å². The summed E-state index contributed by atoms with van der Waals surface area (Å²) in [4.78, 5) is 11.1. The number of nitrogens with one attached hydrogen (secondary N) is 2. The molecular weight excluding hydrogens is 264 g/mol. The van der Waals surface area contributed by atoms with E-state index in [1.807, 2.05) is 18.2 Å². The number of benzene rings is 1. The molecule has 0 aliphatic heterocycles. The van der Waals surface area contributed by atoms with Gasteiger partial charge in [-0.3, -0.25) is 4.79 Å². The lowest BCUT2D eigenvalue weighted by molar-refractivity contribution is -0.114. The maximum absolute atomic E-state index is 11.1. The number of hydrogen-bond acceptors (Lipinski definition) is 3. The molecule has 1 fully saturated rings. The molecule has 0 radical (unpaired) electrons. The molecule has 1 aromatic carbocycles. The van der Waals surface area contributed by atoms with Crippen LogP contribution in [0.5, 0.6) is 5.75 Å². The lowest BCUT2D eigenvalue weighted by Gasteiger charge is -2.21. The average Bonchev–Trinajstić information content (AvgIpc) is 2.49. The Morgan fingerprint density at radius 3 is 2.71 bits per heavy atom. The van der Waals surface area contributed by atoms with Crippen LogP contribution >= 0.6 is 0 Å². The molecule has 0 unspecified atom stereocenters. The summed E-state index contributed by atoms with van der Waals surface area (Å²) in [5.41, 5.74) is 1.75. The van der Waals surface area contributed by atoms with E-state index in [1.165, 1.54) is 45.4 Å². The second-order valence-corrected chi connectivity index (χ2v) is 5.82. The Bertz CT molecular complexity index is 468. The quantitative estimate of drug-likeness (QED) is 0.831. The van der Waals surface area contributed by atoms with Gasteiger partial charge in [0.25, 0.3) is 0 Å². The number of anilines is 2. The molecule has 0 spiro atoms. The number of ether oxygens (including phenoxy) is 1. The van der Waals surface area contributed by atoms with Crippen molar-refractivity contribution in [1.82, 2.24) is 0 Å². The molecule has 0 heterocycles. The Morgan fingerprint density at radius 1 is 1.29 bits per heavy atom. The van der Waals surface area contributed by atoms with Crippen LogP contribution in [-0.4, -0.2) is 19.6 Å². The van der Waals surface area contributed by atoms with Crippen molar-refractivity contribution in [2.45, 2.75) is 45.4 Å². The highest BCUT2D eigenvalue weighted by Gasteiger charge is 2.13. The first-order chi connectivity index (χ1) is 10.2. The summed E-state index contributed by atoms with van der Waals surface area (Å²) in [5.74, 6) is 1.48. The van der Waals surface area contributed by atoms with E-state index in [0.717, 1.165) is 18.2 Å². The number of carbonyl (C=O) groups excluding carboxylic acids is 1. The van der Waals surface area contributed by atoms with Gasteiger partial charge in [0.05, 0.1) is 12.8 Å². The molecule has 0 atom stereocenters. The van der Waals surface area contributed by atoms with E-state index in [0.29, 0.717) is 11.4 Å². The monoisotopic (exact) mass is 290 g/mol. The summed E-state index contributed by atoms with van der Waals surface area (Å²) in [6, 6.07) is 5.80. The van der Waals surface area contributed by atoms with E-state index in [4.69, 9.17) is 4.74 Å². The normalized spacial score (nSPS) is 15.5. The van der Waals surface area contributed by atoms with Crippen LogP contribution in [0, 0.1) is 5.92 Å². The first-order valence-corrected chi connectivity index (χ1v) is 7.88. The van der Waals surface area contributed by atoms with Gasteiger partial charge in [0, 0.05) is 25.2 Å². The molecule has 1 aliphatic carbocycles. The number of carbonyl (C=O) groups is 1. The van der Waals surface area contributed by atoms with Gasteiger partial charge in [-0.2, -0.15) is 0 Å². The van der Waals surface area contributed by atoms with Crippen molar-refractivity contribution in [1.29, 1.82) is 0 Å². The van der Waals surface area contributed by atoms with Crippen LogP contribution in [0.3, 0.4) is 0 Å². The summed E-state index contributed by atoms with van der Waals surface area (Å²) in [7, 11) is 1.62. The fourth-order valence-electron chi connectivity index (χ4n) is 2.99. The van der Waals surface area contributed by atoms with Gasteiger partial charge in [0.2, 0.25) is 5.91 Å². The molecule has 1 amide bonds. The molecular formula is C17H26N2O2. The van der Waals surface area contributed by atoms with E-state index >= 15 is 0 Å². The van der Waals surface area contributed by atoms with E-state index in [2.05, 4.69) is 10.6 Å². The third kappa shape index (κ3) is 4.96. The van der Waals surface area contributed by atoms with E-state index in [9.17, 15) is 4.79 Å². The van der Waals surface area contributed by atoms with Crippen molar-refractivity contribution < 1.29 is 9.53 Å². The Kier molecular flexibility index (Phi) is 5.90. The smallest absolute Gasteiger partial charge is 0.221 e. The Labute approximate surface area is 127 Å². The number of methoxy groups -OCH3 is 1. The lowest BCUT2D eigenvalue weighted by atomic mass is 9.87. The lowest BCUT2D eigenvalue weighted by Crippen LogP contribution is -2.12. The molecule has 2 N–H and O–H groups in total. The summed E-state index contributed by atoms with van der Waals surface area (Å²) in [5, 5.41) is 6.22. The number of rotatable bonds is 6. The van der Waals surface area contributed by atoms with Crippen LogP contribution < -0.4 is 15.4 Å². The Hall–Kier alpha value is -1.71. The minimum absolute atomic E-state index is 0.0914. The van der Waals surface area contributed by atoms with Crippen molar-refractivity contribution in [2.75, 3.05) is 24.3 Å². The fourth-order valence-corrected chi connectivity index (χ4v) is 2.99. The average molecular weight is 290 g/mol. The second kappa shape index (κ2) is 7.91. The summed E-state index contributed by atoms with van der Waals surface area (Å²) >= 11 is 0. The highest BCUT2D eigenvalue weighted by molar-refractivity contribution is 5.90. The maximum atomic E-state index is 11.1. The first kappa shape index (κ1) is 15.7. The summed E-state index contributed by atoms with van der Waals surface area (Å²) in [6.07, 6.45) is 8.19. The molecule has 0 aromatic heterocycles. The minimum atomic E-state index is -0.0914. The zero-order valence-electron chi connectivity index (χ0n) is 13.1. The largest absolute Gasteiger partial charge is 0.494 e. The zero-order chi connectivity index (χ0) is 15.1. The van der Waals surface area contributed by atoms with E-state index in [-0.39, 0.29) is 5.91 Å². The molecule has 4 nitrogen and oxygen atoms in total. The number of hydrogen-bond donors (Lipinski definition) is 2. The molecule has 116 valence electrons. The van der Waals surface area contributed by atoms with Gasteiger partial charge in [-0.15, -0.1) is 0 Å². The van der Waals surface area contributed by atoms with E-state index < -0.39 is 0 Å². The fraction of sp³-hybridized carbons (Fsp3) is 0.588. The molecule has 1 saturated carbocycles. The third-order valence-electron chi connectivity index (χ3n) is 4.12. The molecule has 1 aromatic rings. The van der Waals surface area contributed by atoms with Crippen LogP contribution in [0.1, 0.15) is 45.4 Å². The maximum Gasteiger partial charge on any atom is 0.221 e. The highest BCUT2D eigenvalue weighted by atomic mass is 16.5. The minimum Gasteiger partial charge on any atom is -0.494 e. The van der Waals surface area contributed by atoms with Crippen molar-refractivity contribution in [3.63, 3.8) is 0 Å². The highest BCUT2D eigenvalue weighted by Crippen LogP contribution is 2.29. The molecule has 21 heavy (non-hydrogen) atoms. The van der Waals surface area contributed by atoms with Gasteiger partial charge in [-0.05, 0) is 24.5 Å². The van der Waals surface area contributed by atoms with Gasteiger partial charge >= 0.3 is 0 Å². The third-order valence-corrected chi connectivity index (χ3v) is 4.12. The molecule has 0 saturated heterocycles. The van der Waals surface area contributed by atoms with E-state index in [1.54, 1.807) is 7.11 Å². The predicted molar refractivity (Wildman–Crippen MR) is 87.0 cm³/mol. The topological polar surface area (TPSA) is 50.4 Å². The van der Waals surface area contributed by atoms with Crippen LogP contribution in [0.2, 0.25) is 0 Å². The molecule has 0 bridgehead atoms. The van der Waals surface area contributed by atoms with Crippen LogP contribution in [0.4, 0.5) is 11.4 Å². The second-order valence-electron chi connectivity index (χ2n) is 5.82. The predicted octanol–water partition coefficient (Wildman–Crippen LogP) is 4.04. The van der Waals surface area contributed by atoms with Crippen LogP contribution in [0.25, 0.3) is 0 Å². The molecule has 4 heteroatoms. The van der Waals surface area contributed by atoms with Crippen molar-refractivity contribution >= 4 is 17.3 Å². The summed E-state index contributed by atoms with van der Waals surface area (Å²) in [6.45, 7) is 2.49. The van der Waals surface area contributed by atoms with Gasteiger partial charge in [-0.25, -0.2) is 0 Å². The SMILES string of the molecule is COc1cc(NCCC2CCCCC2)ccc1NC(C)=O. The van der Waals surface area contributed by atoms with Gasteiger partial charge in [-0.1, -0.05) is 32.1 Å². The van der Waals surface area contributed by atoms with Crippen LogP contribution in [0.15, 0.2) is 18.2 Å². The van der Waals surface area contributed by atoms with Crippen molar-refractivity contribution in [3.05, 3.63) is 18.2 Å². The summed E-state index contributed by atoms with van der Waals surface area (Å²) < 4.78 is 5.33. The molecule has 1 aliphatic rings. The number of amides is 1. The van der Waals surface area contributed by atoms with Gasteiger partial charge < -0.3 is 15.4 Å². The van der Waals surface area contributed by atoms with Crippen molar-refractivity contribution in [3.8, 4) is 5.75 Å². The zero-order valence-corrected chi connectivity index (χ0v) is 13.1. The molecule has 2 rings (SSSR count). The Balaban J connectivity index is 1.86. The first-order valence-electron chi connectivity index (χ1n) is 7.88.